The molecule has 0 aliphatic rings. The Labute approximate surface area is 256 Å². The minimum atomic E-state index is -1.42. The molecule has 10 heteroatoms. The number of furan rings is 1. The van der Waals surface area contributed by atoms with Gasteiger partial charge in [-0.1, -0.05) is 44.2 Å². The smallest absolute Gasteiger partial charge is 0.352 e. The summed E-state index contributed by atoms with van der Waals surface area (Å²) in [5.74, 6) is -0.535. The lowest BCUT2D eigenvalue weighted by molar-refractivity contribution is 0.0964. The number of hydrogen-bond acceptors (Lipinski definition) is 5. The third kappa shape index (κ3) is 5.63. The van der Waals surface area contributed by atoms with Crippen LogP contribution in [-0.2, 0) is 11.0 Å². The van der Waals surface area contributed by atoms with E-state index in [1.54, 1.807) is 35.9 Å². The van der Waals surface area contributed by atoms with Crippen molar-refractivity contribution in [3.63, 3.8) is 0 Å². The molecule has 0 saturated heterocycles. The summed E-state index contributed by atoms with van der Waals surface area (Å²) in [6.45, 7) is 4.00. The van der Waals surface area contributed by atoms with Crippen molar-refractivity contribution in [3.05, 3.63) is 113 Å². The Morgan fingerprint density at radius 2 is 1.68 bits per heavy atom. The molecule has 0 aliphatic heterocycles. The second-order valence-electron chi connectivity index (χ2n) is 9.71. The number of aromatic nitrogens is 2. The topological polar surface area (TPSA) is 97.4 Å². The molecule has 6 aromatic rings. The van der Waals surface area contributed by atoms with Crippen LogP contribution >= 0.6 is 0 Å². The highest BCUT2D eigenvalue weighted by molar-refractivity contribution is 7.85. The van der Waals surface area contributed by atoms with Gasteiger partial charge in [0, 0.05) is 60.9 Å². The number of halogens is 1. The van der Waals surface area contributed by atoms with Gasteiger partial charge in [-0.3, -0.25) is 13.7 Å². The van der Waals surface area contributed by atoms with E-state index in [4.69, 9.17) is 4.42 Å². The van der Waals surface area contributed by atoms with Crippen LogP contribution in [-0.4, -0.2) is 40.0 Å². The highest BCUT2D eigenvalue weighted by Gasteiger charge is 2.25. The first kappa shape index (κ1) is 30.4. The minimum Gasteiger partial charge on any atom is -0.455 e. The summed E-state index contributed by atoms with van der Waals surface area (Å²) in [5, 5.41) is 5.16. The lowest BCUT2D eigenvalue weighted by Gasteiger charge is -2.20. The average Bonchev–Trinajstić information content (AvgIpc) is 3.43. The van der Waals surface area contributed by atoms with Crippen molar-refractivity contribution in [2.75, 3.05) is 24.7 Å². The zero-order chi connectivity index (χ0) is 31.5. The molecular weight excluding hydrogens is 579 g/mol. The molecule has 0 aliphatic carbocycles. The summed E-state index contributed by atoms with van der Waals surface area (Å²) < 4.78 is 35.5. The fourth-order valence-corrected chi connectivity index (χ4v) is 5.41. The molecule has 0 saturated carbocycles. The summed E-state index contributed by atoms with van der Waals surface area (Å²) in [4.78, 5) is 30.2. The van der Waals surface area contributed by atoms with Crippen LogP contribution in [0.15, 0.2) is 100 Å². The third-order valence-electron chi connectivity index (χ3n) is 7.20. The van der Waals surface area contributed by atoms with Gasteiger partial charge in [0.25, 0.3) is 5.91 Å². The van der Waals surface area contributed by atoms with E-state index in [1.165, 1.54) is 42.1 Å². The van der Waals surface area contributed by atoms with Crippen molar-refractivity contribution in [1.82, 2.24) is 14.9 Å². The van der Waals surface area contributed by atoms with Gasteiger partial charge in [0.05, 0.1) is 16.9 Å². The van der Waals surface area contributed by atoms with E-state index in [9.17, 15) is 18.2 Å². The zero-order valence-corrected chi connectivity index (χ0v) is 25.7. The number of carbonyl (C=O) groups is 1. The highest BCUT2D eigenvalue weighted by Crippen LogP contribution is 2.41. The minimum absolute atomic E-state index is 0.267. The van der Waals surface area contributed by atoms with Crippen LogP contribution in [0, 0.1) is 5.82 Å². The van der Waals surface area contributed by atoms with Crippen molar-refractivity contribution >= 4 is 44.3 Å². The molecule has 0 radical (unpaired) electrons. The van der Waals surface area contributed by atoms with Gasteiger partial charge >= 0.3 is 5.69 Å². The number of anilines is 1. The number of amides is 1. The summed E-state index contributed by atoms with van der Waals surface area (Å²) >= 11 is 0. The van der Waals surface area contributed by atoms with Gasteiger partial charge in [-0.05, 0) is 53.2 Å². The number of nitrogens with one attached hydrogen (secondary N) is 1. The van der Waals surface area contributed by atoms with Crippen molar-refractivity contribution in [2.45, 2.75) is 13.8 Å². The van der Waals surface area contributed by atoms with Gasteiger partial charge in [0.2, 0.25) is 0 Å². The van der Waals surface area contributed by atoms with E-state index < -0.39 is 28.4 Å². The van der Waals surface area contributed by atoms with E-state index in [0.717, 1.165) is 10.8 Å². The molecule has 8 nitrogen and oxygen atoms in total. The number of hydrogen-bond donors (Lipinski definition) is 1. The number of rotatable bonds is 6. The monoisotopic (exact) mass is 610 g/mol. The van der Waals surface area contributed by atoms with E-state index in [2.05, 4.69) is 10.3 Å². The maximum atomic E-state index is 13.7. The first-order valence-corrected chi connectivity index (χ1v) is 15.5. The number of carbonyl (C=O) groups excluding carboxylic acids is 1. The molecule has 0 bridgehead atoms. The number of fused-ring (bicyclic) bond motifs is 2. The molecule has 0 spiro atoms. The van der Waals surface area contributed by atoms with E-state index >= 15 is 0 Å². The molecule has 0 fully saturated rings. The van der Waals surface area contributed by atoms with Crippen molar-refractivity contribution < 1.29 is 17.8 Å². The van der Waals surface area contributed by atoms with Crippen LogP contribution in [0.1, 0.15) is 24.2 Å². The Balaban J connectivity index is 0.00000188. The highest BCUT2D eigenvalue weighted by atomic mass is 32.2. The van der Waals surface area contributed by atoms with Gasteiger partial charge in [-0.15, -0.1) is 0 Å². The molecule has 44 heavy (non-hydrogen) atoms. The van der Waals surface area contributed by atoms with Gasteiger partial charge in [0.15, 0.2) is 0 Å². The lowest BCUT2D eigenvalue weighted by atomic mass is 10.00. The molecule has 6 rings (SSSR count). The maximum absolute atomic E-state index is 13.7. The normalized spacial score (nSPS) is 11.6. The molecule has 2 heterocycles. The van der Waals surface area contributed by atoms with Crippen LogP contribution in [0.4, 0.5) is 10.1 Å². The van der Waals surface area contributed by atoms with Gasteiger partial charge < -0.3 is 9.73 Å². The van der Waals surface area contributed by atoms with Crippen molar-refractivity contribution in [1.29, 1.82) is 0 Å². The largest absolute Gasteiger partial charge is 0.455 e. The number of benzene rings is 4. The first-order valence-electron chi connectivity index (χ1n) is 14.0. The lowest BCUT2D eigenvalue weighted by Crippen LogP contribution is -2.22. The summed E-state index contributed by atoms with van der Waals surface area (Å²) in [6.07, 6.45) is 4.68. The second kappa shape index (κ2) is 12.6. The van der Waals surface area contributed by atoms with E-state index in [0.29, 0.717) is 39.0 Å². The molecule has 1 N–H and O–H groups in total. The molecule has 1 amide bonds. The molecule has 4 aromatic carbocycles. The molecule has 224 valence electrons. The van der Waals surface area contributed by atoms with Crippen molar-refractivity contribution in [2.24, 2.45) is 0 Å². The van der Waals surface area contributed by atoms with Crippen LogP contribution in [0.5, 0.6) is 0 Å². The quantitative estimate of drug-likeness (QED) is 0.226. The summed E-state index contributed by atoms with van der Waals surface area (Å²) in [5.41, 5.74) is 3.02. The molecule has 1 unspecified atom stereocenters. The van der Waals surface area contributed by atoms with Gasteiger partial charge in [0.1, 0.15) is 28.1 Å². The SMILES string of the molecule is CC.CNC(=O)c1c(-c2ccc(F)cc2)oc2cc(N(C)S(C)=O)c(-c3cnc(=O)n(-c4ccc5ccccc5c4)c3)cc12. The zero-order valence-electron chi connectivity index (χ0n) is 24.9. The Morgan fingerprint density at radius 3 is 2.36 bits per heavy atom. The fraction of sp³-hybridized carbons (Fsp3) is 0.147. The first-order chi connectivity index (χ1) is 21.2. The fourth-order valence-electron chi connectivity index (χ4n) is 4.98. The van der Waals surface area contributed by atoms with Gasteiger partial charge in [-0.25, -0.2) is 18.4 Å². The van der Waals surface area contributed by atoms with E-state index in [-0.39, 0.29) is 11.3 Å². The molecule has 2 aromatic heterocycles. The van der Waals surface area contributed by atoms with Crippen LogP contribution in [0.2, 0.25) is 0 Å². The predicted molar refractivity (Wildman–Crippen MR) is 175 cm³/mol. The van der Waals surface area contributed by atoms with Crippen LogP contribution in [0.3, 0.4) is 0 Å². The Bertz CT molecular complexity index is 2090. The average molecular weight is 611 g/mol. The van der Waals surface area contributed by atoms with Crippen LogP contribution in [0.25, 0.3) is 49.9 Å². The third-order valence-corrected chi connectivity index (χ3v) is 8.17. The molecular formula is C34H31FN4O4S. The summed E-state index contributed by atoms with van der Waals surface area (Å²) in [6, 6.07) is 22.7. The standard InChI is InChI=1S/C32H25FN4O4S.C2H6/c1-34-31(38)29-26-15-25(22-17-35-32(39)37(18-22)24-13-10-19-6-4-5-7-21(19)14-24)27(36(2)42(3)40)16-28(26)41-30(29)20-8-11-23(33)12-9-20;1-2/h4-18H,1-3H3,(H,34,38);1-2H3. The Kier molecular flexibility index (Phi) is 8.73. The van der Waals surface area contributed by atoms with Crippen LogP contribution < -0.4 is 15.3 Å². The Morgan fingerprint density at radius 1 is 0.977 bits per heavy atom. The second-order valence-corrected chi connectivity index (χ2v) is 11.1. The maximum Gasteiger partial charge on any atom is 0.352 e. The number of nitrogens with zero attached hydrogens (tertiary/aromatic N) is 3. The summed E-state index contributed by atoms with van der Waals surface area (Å²) in [7, 11) is 1.78. The van der Waals surface area contributed by atoms with E-state index in [1.807, 2.05) is 56.3 Å². The van der Waals surface area contributed by atoms with Gasteiger partial charge in [-0.2, -0.15) is 0 Å². The molecule has 1 atom stereocenters. The van der Waals surface area contributed by atoms with Crippen molar-refractivity contribution in [3.8, 4) is 28.1 Å². The Hall–Kier alpha value is -5.09. The predicted octanol–water partition coefficient (Wildman–Crippen LogP) is 6.72.